The second kappa shape index (κ2) is 5.28. The lowest BCUT2D eigenvalue weighted by Gasteiger charge is -2.14. The Bertz CT molecular complexity index is 882. The highest BCUT2D eigenvalue weighted by molar-refractivity contribution is 5.93. The van der Waals surface area contributed by atoms with Gasteiger partial charge in [0.1, 0.15) is 0 Å². The van der Waals surface area contributed by atoms with Crippen LogP contribution in [-0.4, -0.2) is 0 Å². The van der Waals surface area contributed by atoms with E-state index in [-0.39, 0.29) is 0 Å². The molecular formula is C22H24. The largest absolute Gasteiger partial charge is 0.0557 e. The maximum absolute atomic E-state index is 2.36. The number of benzene rings is 3. The molecular weight excluding hydrogens is 264 g/mol. The molecule has 0 aliphatic carbocycles. The van der Waals surface area contributed by atoms with E-state index in [9.17, 15) is 0 Å². The minimum Gasteiger partial charge on any atom is -0.0557 e. The third-order valence-electron chi connectivity index (χ3n) is 4.78. The maximum atomic E-state index is 2.36. The van der Waals surface area contributed by atoms with Crippen molar-refractivity contribution in [2.75, 3.05) is 0 Å². The fraction of sp³-hybridized carbons (Fsp3) is 0.273. The van der Waals surface area contributed by atoms with Crippen molar-refractivity contribution in [1.82, 2.24) is 0 Å². The minimum atomic E-state index is 1.33. The van der Waals surface area contributed by atoms with Crippen LogP contribution in [-0.2, 0) is 0 Å². The topological polar surface area (TPSA) is 0 Å². The van der Waals surface area contributed by atoms with E-state index < -0.39 is 0 Å². The molecule has 0 aliphatic heterocycles. The molecule has 0 fully saturated rings. The van der Waals surface area contributed by atoms with Crippen molar-refractivity contribution in [3.8, 4) is 11.1 Å². The molecule has 3 aromatic rings. The molecule has 0 aliphatic rings. The average Bonchev–Trinajstić information content (AvgIpc) is 2.44. The summed E-state index contributed by atoms with van der Waals surface area (Å²) in [5.74, 6) is 0. The van der Waals surface area contributed by atoms with Crippen LogP contribution in [0, 0.1) is 41.5 Å². The molecule has 0 amide bonds. The van der Waals surface area contributed by atoms with Crippen LogP contribution >= 0.6 is 0 Å². The van der Waals surface area contributed by atoms with Crippen LogP contribution in [0.1, 0.15) is 33.4 Å². The molecule has 22 heavy (non-hydrogen) atoms. The van der Waals surface area contributed by atoms with Crippen LogP contribution in [0.25, 0.3) is 21.9 Å². The lowest BCUT2D eigenvalue weighted by molar-refractivity contribution is 1.30. The van der Waals surface area contributed by atoms with Gasteiger partial charge in [-0.2, -0.15) is 0 Å². The number of fused-ring (bicyclic) bond motifs is 1. The van der Waals surface area contributed by atoms with Crippen LogP contribution in [0.2, 0.25) is 0 Å². The number of rotatable bonds is 1. The molecule has 0 radical (unpaired) electrons. The monoisotopic (exact) mass is 288 g/mol. The molecule has 0 aromatic heterocycles. The van der Waals surface area contributed by atoms with Gasteiger partial charge in [-0.05, 0) is 97.3 Å². The van der Waals surface area contributed by atoms with Gasteiger partial charge in [0, 0.05) is 0 Å². The molecule has 0 unspecified atom stereocenters. The van der Waals surface area contributed by atoms with Gasteiger partial charge < -0.3 is 0 Å². The molecule has 0 spiro atoms. The van der Waals surface area contributed by atoms with E-state index in [1.165, 1.54) is 55.3 Å². The Morgan fingerprint density at radius 2 is 1.05 bits per heavy atom. The molecule has 0 atom stereocenters. The zero-order valence-electron chi connectivity index (χ0n) is 14.5. The summed E-state index contributed by atoms with van der Waals surface area (Å²) in [4.78, 5) is 0. The van der Waals surface area contributed by atoms with Gasteiger partial charge in [0.05, 0.1) is 0 Å². The van der Waals surface area contributed by atoms with Gasteiger partial charge >= 0.3 is 0 Å². The number of hydrogen-bond donors (Lipinski definition) is 0. The first-order chi connectivity index (χ1) is 10.4. The summed E-state index contributed by atoms with van der Waals surface area (Å²) < 4.78 is 0. The second-order valence-electron chi connectivity index (χ2n) is 6.72. The fourth-order valence-corrected chi connectivity index (χ4v) is 3.43. The molecule has 0 saturated heterocycles. The zero-order chi connectivity index (χ0) is 16.0. The van der Waals surface area contributed by atoms with Crippen LogP contribution < -0.4 is 0 Å². The summed E-state index contributed by atoms with van der Waals surface area (Å²) in [5, 5.41) is 2.75. The first-order valence-electron chi connectivity index (χ1n) is 7.96. The number of aryl methyl sites for hydroxylation is 6. The first kappa shape index (κ1) is 14.8. The molecule has 112 valence electrons. The average molecular weight is 288 g/mol. The Labute approximate surface area is 133 Å². The lowest BCUT2D eigenvalue weighted by Crippen LogP contribution is -1.91. The smallest absolute Gasteiger partial charge is 0.0146 e. The SMILES string of the molecule is Cc1cc(C)c2cc(-c3cc(C)c(C)cc3C)cc(C)c2c1. The van der Waals surface area contributed by atoms with Crippen molar-refractivity contribution in [1.29, 1.82) is 0 Å². The summed E-state index contributed by atoms with van der Waals surface area (Å²) in [6.45, 7) is 13.2. The van der Waals surface area contributed by atoms with Gasteiger partial charge in [-0.3, -0.25) is 0 Å². The van der Waals surface area contributed by atoms with Crippen molar-refractivity contribution >= 4 is 10.8 Å². The van der Waals surface area contributed by atoms with E-state index in [0.29, 0.717) is 0 Å². The molecule has 3 rings (SSSR count). The van der Waals surface area contributed by atoms with Crippen molar-refractivity contribution in [2.24, 2.45) is 0 Å². The van der Waals surface area contributed by atoms with Crippen LogP contribution in [0.4, 0.5) is 0 Å². The van der Waals surface area contributed by atoms with E-state index >= 15 is 0 Å². The van der Waals surface area contributed by atoms with Gasteiger partial charge in [0.25, 0.3) is 0 Å². The van der Waals surface area contributed by atoms with Crippen LogP contribution in [0.15, 0.2) is 36.4 Å². The van der Waals surface area contributed by atoms with Gasteiger partial charge in [0.15, 0.2) is 0 Å². The maximum Gasteiger partial charge on any atom is -0.0146 e. The van der Waals surface area contributed by atoms with Crippen LogP contribution in [0.3, 0.4) is 0 Å². The lowest BCUT2D eigenvalue weighted by atomic mass is 9.90. The quantitative estimate of drug-likeness (QED) is 0.489. The van der Waals surface area contributed by atoms with Gasteiger partial charge in [-0.25, -0.2) is 0 Å². The minimum absolute atomic E-state index is 1.33. The van der Waals surface area contributed by atoms with Crippen molar-refractivity contribution in [3.05, 3.63) is 69.8 Å². The van der Waals surface area contributed by atoms with Crippen molar-refractivity contribution in [3.63, 3.8) is 0 Å². The van der Waals surface area contributed by atoms with Crippen molar-refractivity contribution < 1.29 is 0 Å². The summed E-state index contributed by atoms with van der Waals surface area (Å²) >= 11 is 0. The predicted octanol–water partition coefficient (Wildman–Crippen LogP) is 6.36. The molecule has 0 saturated carbocycles. The van der Waals surface area contributed by atoms with E-state index in [4.69, 9.17) is 0 Å². The summed E-state index contributed by atoms with van der Waals surface area (Å²) in [7, 11) is 0. The summed E-state index contributed by atoms with van der Waals surface area (Å²) in [5.41, 5.74) is 10.8. The Morgan fingerprint density at radius 3 is 1.77 bits per heavy atom. The Balaban J connectivity index is 2.31. The summed E-state index contributed by atoms with van der Waals surface area (Å²) in [6, 6.07) is 13.9. The Kier molecular flexibility index (Phi) is 3.56. The normalized spacial score (nSPS) is 11.2. The highest BCUT2D eigenvalue weighted by Gasteiger charge is 2.09. The highest BCUT2D eigenvalue weighted by Crippen LogP contribution is 2.33. The Morgan fingerprint density at radius 1 is 0.455 bits per heavy atom. The molecule has 3 aromatic carbocycles. The highest BCUT2D eigenvalue weighted by atomic mass is 14.1. The van der Waals surface area contributed by atoms with E-state index in [1.54, 1.807) is 0 Å². The molecule has 0 heterocycles. The molecule has 0 nitrogen and oxygen atoms in total. The number of hydrogen-bond acceptors (Lipinski definition) is 0. The third-order valence-corrected chi connectivity index (χ3v) is 4.78. The molecule has 0 bridgehead atoms. The molecule has 0 N–H and O–H groups in total. The fourth-order valence-electron chi connectivity index (χ4n) is 3.43. The van der Waals surface area contributed by atoms with E-state index in [1.807, 2.05) is 0 Å². The summed E-state index contributed by atoms with van der Waals surface area (Å²) in [6.07, 6.45) is 0. The van der Waals surface area contributed by atoms with E-state index in [0.717, 1.165) is 0 Å². The second-order valence-corrected chi connectivity index (χ2v) is 6.72. The van der Waals surface area contributed by atoms with Gasteiger partial charge in [-0.15, -0.1) is 0 Å². The van der Waals surface area contributed by atoms with E-state index in [2.05, 4.69) is 77.9 Å². The predicted molar refractivity (Wildman–Crippen MR) is 97.8 cm³/mol. The first-order valence-corrected chi connectivity index (χ1v) is 7.96. The van der Waals surface area contributed by atoms with Crippen molar-refractivity contribution in [2.45, 2.75) is 41.5 Å². The standard InChI is InChI=1S/C22H24/c1-13-7-16(4)22-12-19(10-18(6)21(22)8-13)20-11-15(3)14(2)9-17(20)5/h7-12H,1-6H3. The third kappa shape index (κ3) is 2.43. The van der Waals surface area contributed by atoms with Gasteiger partial charge in [-0.1, -0.05) is 35.9 Å². The molecule has 0 heteroatoms. The zero-order valence-corrected chi connectivity index (χ0v) is 14.5. The van der Waals surface area contributed by atoms with Crippen LogP contribution in [0.5, 0.6) is 0 Å². The Hall–Kier alpha value is -2.08. The van der Waals surface area contributed by atoms with Gasteiger partial charge in [0.2, 0.25) is 0 Å².